The van der Waals surface area contributed by atoms with E-state index in [0.29, 0.717) is 5.69 Å². The zero-order valence-electron chi connectivity index (χ0n) is 16.3. The fourth-order valence-electron chi connectivity index (χ4n) is 2.70. The highest BCUT2D eigenvalue weighted by molar-refractivity contribution is 7.74. The van der Waals surface area contributed by atoms with Gasteiger partial charge in [0.1, 0.15) is 0 Å². The van der Waals surface area contributed by atoms with Crippen molar-refractivity contribution in [1.29, 1.82) is 0 Å². The molecule has 0 aliphatic carbocycles. The summed E-state index contributed by atoms with van der Waals surface area (Å²) in [6.07, 6.45) is 0.149. The van der Waals surface area contributed by atoms with Gasteiger partial charge in [0.2, 0.25) is 5.02 Å². The molecule has 1 N–H and O–H groups in total. The molecular formula is C17H31NO6P2. The molecule has 0 aromatic heterocycles. The zero-order chi connectivity index (χ0) is 19.7. The Hall–Kier alpha value is -0.680. The molecule has 0 spiro atoms. The van der Waals surface area contributed by atoms with E-state index >= 15 is 0 Å². The quantitative estimate of drug-likeness (QED) is 0.420. The molecule has 1 rings (SSSR count). The second kappa shape index (κ2) is 10.6. The molecule has 0 atom stereocenters. The maximum Gasteiger partial charge on any atom is 0.368 e. The van der Waals surface area contributed by atoms with E-state index in [1.165, 1.54) is 0 Å². The molecule has 150 valence electrons. The van der Waals surface area contributed by atoms with Gasteiger partial charge in [0, 0.05) is 5.69 Å². The Bertz CT molecular complexity index is 575. The van der Waals surface area contributed by atoms with E-state index < -0.39 is 20.2 Å². The van der Waals surface area contributed by atoms with Crippen molar-refractivity contribution in [2.24, 2.45) is 0 Å². The molecule has 0 fully saturated rings. The van der Waals surface area contributed by atoms with Gasteiger partial charge in [-0.25, -0.2) is 0 Å². The van der Waals surface area contributed by atoms with Crippen molar-refractivity contribution in [1.82, 2.24) is 0 Å². The summed E-state index contributed by atoms with van der Waals surface area (Å²) < 4.78 is 50.0. The third kappa shape index (κ3) is 4.78. The van der Waals surface area contributed by atoms with E-state index in [0.717, 1.165) is 0 Å². The molecule has 9 heteroatoms. The smallest absolute Gasteiger partial charge is 0.359 e. The first kappa shape index (κ1) is 23.4. The third-order valence-electron chi connectivity index (χ3n) is 3.71. The fraction of sp³-hybridized carbons (Fsp3) is 0.647. The second-order valence-electron chi connectivity index (χ2n) is 5.33. The highest BCUT2D eigenvalue weighted by atomic mass is 31.2. The average Bonchev–Trinajstić information content (AvgIpc) is 2.61. The minimum Gasteiger partial charge on any atom is -0.359 e. The highest BCUT2D eigenvalue weighted by Crippen LogP contribution is 2.78. The van der Waals surface area contributed by atoms with Crippen molar-refractivity contribution in [2.45, 2.75) is 46.1 Å². The maximum atomic E-state index is 13.8. The molecule has 0 saturated heterocycles. The Morgan fingerprint density at radius 2 is 1.15 bits per heavy atom. The summed E-state index contributed by atoms with van der Waals surface area (Å²) in [4.78, 5) is 0. The van der Waals surface area contributed by atoms with Crippen molar-refractivity contribution in [3.05, 3.63) is 30.3 Å². The first-order chi connectivity index (χ1) is 12.4. The number of rotatable bonds is 13. The summed E-state index contributed by atoms with van der Waals surface area (Å²) >= 11 is 0. The monoisotopic (exact) mass is 407 g/mol. The van der Waals surface area contributed by atoms with Gasteiger partial charge in [0.15, 0.2) is 0 Å². The summed E-state index contributed by atoms with van der Waals surface area (Å²) in [5.41, 5.74) is 0.619. The number of nitrogens with one attached hydrogen (secondary N) is 1. The first-order valence-electron chi connectivity index (χ1n) is 9.00. The SMILES string of the molecule is CCOP(=O)(OCC)C(CC)(Nc1ccccc1)P(=O)(OCC)OCC. The topological polar surface area (TPSA) is 83.1 Å². The molecule has 1 aromatic rings. The number of para-hydroxylation sites is 1. The Labute approximate surface area is 156 Å². The standard InChI is InChI=1S/C17H31NO6P2/c1-6-17(18-16-14-12-11-13-15-16,25(19,21-7-2)22-8-3)26(20,23-9-4)24-10-5/h11-15,18H,6-10H2,1-5H3. The molecule has 0 heterocycles. The van der Waals surface area contributed by atoms with Crippen LogP contribution in [-0.2, 0) is 27.2 Å². The van der Waals surface area contributed by atoms with Crippen molar-refractivity contribution in [3.63, 3.8) is 0 Å². The molecule has 0 aliphatic heterocycles. The van der Waals surface area contributed by atoms with Gasteiger partial charge in [-0.1, -0.05) is 25.1 Å². The Kier molecular flexibility index (Phi) is 9.53. The lowest BCUT2D eigenvalue weighted by Gasteiger charge is -2.42. The van der Waals surface area contributed by atoms with Gasteiger partial charge in [-0.05, 0) is 46.2 Å². The first-order valence-corrected chi connectivity index (χ1v) is 12.1. The molecule has 7 nitrogen and oxygen atoms in total. The predicted molar refractivity (Wildman–Crippen MR) is 105 cm³/mol. The number of anilines is 1. The van der Waals surface area contributed by atoms with Crippen LogP contribution in [0.4, 0.5) is 5.69 Å². The van der Waals surface area contributed by atoms with Crippen LogP contribution in [0.2, 0.25) is 0 Å². The van der Waals surface area contributed by atoms with Crippen LogP contribution >= 0.6 is 15.2 Å². The van der Waals surface area contributed by atoms with E-state index in [9.17, 15) is 9.13 Å². The Balaban J connectivity index is 3.64. The van der Waals surface area contributed by atoms with Crippen LogP contribution in [0.25, 0.3) is 0 Å². The van der Waals surface area contributed by atoms with Gasteiger partial charge in [-0.15, -0.1) is 0 Å². The van der Waals surface area contributed by atoms with E-state index in [1.807, 2.05) is 18.2 Å². The summed E-state index contributed by atoms with van der Waals surface area (Å²) in [6.45, 7) is 9.12. The van der Waals surface area contributed by atoms with Gasteiger partial charge >= 0.3 is 15.2 Å². The zero-order valence-corrected chi connectivity index (χ0v) is 18.1. The molecule has 1 aromatic carbocycles. The van der Waals surface area contributed by atoms with Crippen molar-refractivity contribution >= 4 is 20.9 Å². The third-order valence-corrected chi connectivity index (χ3v) is 10.2. The minimum atomic E-state index is -3.93. The Morgan fingerprint density at radius 1 is 0.769 bits per heavy atom. The fourth-order valence-corrected chi connectivity index (χ4v) is 8.26. The minimum absolute atomic E-state index is 0.133. The Morgan fingerprint density at radius 3 is 1.46 bits per heavy atom. The highest BCUT2D eigenvalue weighted by Gasteiger charge is 2.64. The van der Waals surface area contributed by atoms with Crippen LogP contribution < -0.4 is 5.32 Å². The number of hydrogen-bond acceptors (Lipinski definition) is 7. The van der Waals surface area contributed by atoms with Crippen LogP contribution in [0, 0.1) is 0 Å². The second-order valence-corrected chi connectivity index (χ2v) is 10.2. The van der Waals surface area contributed by atoms with Gasteiger partial charge in [-0.3, -0.25) is 9.13 Å². The summed E-state index contributed by atoms with van der Waals surface area (Å²) in [7, 11) is -7.86. The van der Waals surface area contributed by atoms with Crippen LogP contribution in [-0.4, -0.2) is 31.4 Å². The van der Waals surface area contributed by atoms with E-state index in [1.54, 1.807) is 46.8 Å². The van der Waals surface area contributed by atoms with Crippen LogP contribution in [0.1, 0.15) is 41.0 Å². The summed E-state index contributed by atoms with van der Waals surface area (Å²) in [5, 5.41) is 1.47. The van der Waals surface area contributed by atoms with Crippen LogP contribution in [0.15, 0.2) is 30.3 Å². The molecule has 0 bridgehead atoms. The molecule has 0 unspecified atom stereocenters. The number of hydrogen-bond donors (Lipinski definition) is 1. The van der Waals surface area contributed by atoms with Crippen molar-refractivity contribution in [3.8, 4) is 0 Å². The van der Waals surface area contributed by atoms with Crippen molar-refractivity contribution in [2.75, 3.05) is 31.7 Å². The molecule has 0 saturated carbocycles. The van der Waals surface area contributed by atoms with E-state index in [2.05, 4.69) is 5.32 Å². The predicted octanol–water partition coefficient (Wildman–Crippen LogP) is 5.69. The van der Waals surface area contributed by atoms with Crippen molar-refractivity contribution < 1.29 is 27.2 Å². The lowest BCUT2D eigenvalue weighted by atomic mass is 10.3. The molecular weight excluding hydrogens is 376 g/mol. The number of benzene rings is 1. The largest absolute Gasteiger partial charge is 0.368 e. The average molecular weight is 407 g/mol. The van der Waals surface area contributed by atoms with Crippen LogP contribution in [0.5, 0.6) is 0 Å². The summed E-state index contributed by atoms with van der Waals surface area (Å²) in [6, 6.07) is 9.07. The van der Waals surface area contributed by atoms with Crippen LogP contribution in [0.3, 0.4) is 0 Å². The lowest BCUT2D eigenvalue weighted by Crippen LogP contribution is -2.40. The van der Waals surface area contributed by atoms with Gasteiger partial charge in [0.25, 0.3) is 0 Å². The molecule has 26 heavy (non-hydrogen) atoms. The normalized spacial score (nSPS) is 13.0. The molecule has 0 radical (unpaired) electrons. The molecule has 0 amide bonds. The van der Waals surface area contributed by atoms with Gasteiger partial charge in [0.05, 0.1) is 26.4 Å². The lowest BCUT2D eigenvalue weighted by molar-refractivity contribution is 0.180. The van der Waals surface area contributed by atoms with Gasteiger partial charge in [-0.2, -0.15) is 0 Å². The van der Waals surface area contributed by atoms with E-state index in [-0.39, 0.29) is 32.8 Å². The molecule has 0 aliphatic rings. The maximum absolute atomic E-state index is 13.8. The van der Waals surface area contributed by atoms with E-state index in [4.69, 9.17) is 18.1 Å². The summed E-state index contributed by atoms with van der Waals surface area (Å²) in [5.74, 6) is 0. The van der Waals surface area contributed by atoms with Gasteiger partial charge < -0.3 is 23.4 Å².